The summed E-state index contributed by atoms with van der Waals surface area (Å²) >= 11 is 0. The Morgan fingerprint density at radius 2 is 1.93 bits per heavy atom. The van der Waals surface area contributed by atoms with Gasteiger partial charge in [0, 0.05) is 18.2 Å². The first-order valence-corrected chi connectivity index (χ1v) is 11.7. The lowest BCUT2D eigenvalue weighted by atomic mass is 10.1. The minimum Gasteiger partial charge on any atom is -0.497 e. The van der Waals surface area contributed by atoms with Crippen LogP contribution in [0.1, 0.15) is 37.7 Å². The molecule has 2 aliphatic rings. The third-order valence-corrected chi connectivity index (χ3v) is 7.20. The summed E-state index contributed by atoms with van der Waals surface area (Å²) in [6.07, 6.45) is 7.09. The van der Waals surface area contributed by atoms with Gasteiger partial charge in [-0.25, -0.2) is 13.2 Å². The van der Waals surface area contributed by atoms with E-state index in [9.17, 15) is 18.0 Å². The first kappa shape index (κ1) is 21.4. The molecule has 3 rings (SSSR count). The van der Waals surface area contributed by atoms with Crippen molar-refractivity contribution in [2.24, 2.45) is 0 Å². The van der Waals surface area contributed by atoms with Crippen LogP contribution in [0, 0.1) is 0 Å². The molecule has 1 aromatic rings. The van der Waals surface area contributed by atoms with Gasteiger partial charge in [0.2, 0.25) is 0 Å². The maximum atomic E-state index is 12.8. The number of amides is 1. The van der Waals surface area contributed by atoms with E-state index in [0.717, 1.165) is 31.2 Å². The monoisotopic (exact) mass is 421 g/mol. The fraction of sp³-hybridized carbons (Fsp3) is 0.524. The van der Waals surface area contributed by atoms with E-state index in [1.54, 1.807) is 30.2 Å². The highest BCUT2D eigenvalue weighted by Crippen LogP contribution is 2.29. The van der Waals surface area contributed by atoms with Crippen molar-refractivity contribution in [3.63, 3.8) is 0 Å². The highest BCUT2D eigenvalue weighted by molar-refractivity contribution is 7.91. The number of carbonyl (C=O) groups is 2. The Morgan fingerprint density at radius 1 is 1.17 bits per heavy atom. The Hall–Kier alpha value is -2.35. The second kappa shape index (κ2) is 9.43. The quantitative estimate of drug-likeness (QED) is 0.495. The summed E-state index contributed by atoms with van der Waals surface area (Å²) in [7, 11) is -1.54. The van der Waals surface area contributed by atoms with Gasteiger partial charge in [-0.2, -0.15) is 0 Å². The van der Waals surface area contributed by atoms with Gasteiger partial charge in [0.1, 0.15) is 5.75 Å². The molecule has 0 N–H and O–H groups in total. The molecule has 1 heterocycles. The first-order valence-electron chi connectivity index (χ1n) is 9.88. The molecule has 29 heavy (non-hydrogen) atoms. The third-order valence-electron chi connectivity index (χ3n) is 5.45. The van der Waals surface area contributed by atoms with E-state index in [4.69, 9.17) is 9.47 Å². The van der Waals surface area contributed by atoms with Crippen molar-refractivity contribution in [3.8, 4) is 5.75 Å². The molecule has 0 bridgehead atoms. The minimum atomic E-state index is -3.10. The summed E-state index contributed by atoms with van der Waals surface area (Å²) in [5.74, 6) is -0.154. The predicted molar refractivity (Wildman–Crippen MR) is 109 cm³/mol. The van der Waals surface area contributed by atoms with Gasteiger partial charge in [-0.15, -0.1) is 0 Å². The molecule has 0 unspecified atom stereocenters. The van der Waals surface area contributed by atoms with Crippen LogP contribution in [-0.2, 0) is 24.2 Å². The van der Waals surface area contributed by atoms with Crippen LogP contribution in [0.25, 0.3) is 6.08 Å². The van der Waals surface area contributed by atoms with Crippen LogP contribution < -0.4 is 4.74 Å². The zero-order chi connectivity index (χ0) is 20.9. The van der Waals surface area contributed by atoms with Crippen LogP contribution in [0.4, 0.5) is 0 Å². The SMILES string of the molecule is COc1cccc(/C=C/C(=O)OCC(=O)N(C2CCCC2)[C@H]2CCS(=O)(=O)C2)c1. The summed E-state index contributed by atoms with van der Waals surface area (Å²) in [6.45, 7) is -0.381. The Kier molecular flexibility index (Phi) is 6.95. The molecule has 1 atom stereocenters. The molecule has 1 aliphatic carbocycles. The summed E-state index contributed by atoms with van der Waals surface area (Å²) in [5, 5.41) is 0. The fourth-order valence-electron chi connectivity index (χ4n) is 4.05. The average Bonchev–Trinajstić information content (AvgIpc) is 3.35. The molecular weight excluding hydrogens is 394 g/mol. The van der Waals surface area contributed by atoms with Gasteiger partial charge in [-0.3, -0.25) is 4.79 Å². The maximum absolute atomic E-state index is 12.8. The second-order valence-electron chi connectivity index (χ2n) is 7.51. The number of benzene rings is 1. The van der Waals surface area contributed by atoms with E-state index in [2.05, 4.69) is 0 Å². The van der Waals surface area contributed by atoms with Crippen LogP contribution in [0.5, 0.6) is 5.75 Å². The van der Waals surface area contributed by atoms with Gasteiger partial charge >= 0.3 is 5.97 Å². The number of nitrogens with zero attached hydrogens (tertiary/aromatic N) is 1. The molecule has 0 spiro atoms. The molecule has 0 aromatic heterocycles. The summed E-state index contributed by atoms with van der Waals surface area (Å²) in [6, 6.07) is 6.92. The standard InChI is InChI=1S/C21H27NO6S/c1-27-19-8-4-5-16(13-19)9-10-21(24)28-14-20(23)22(17-6-2-3-7-17)18-11-12-29(25,26)15-18/h4-5,8-10,13,17-18H,2-3,6-7,11-12,14-15H2,1H3/b10-9+/t18-/m0/s1. The van der Waals surface area contributed by atoms with Crippen molar-refractivity contribution in [1.82, 2.24) is 4.90 Å². The maximum Gasteiger partial charge on any atom is 0.331 e. The Morgan fingerprint density at radius 3 is 2.59 bits per heavy atom. The van der Waals surface area contributed by atoms with Crippen molar-refractivity contribution >= 4 is 27.8 Å². The van der Waals surface area contributed by atoms with Gasteiger partial charge < -0.3 is 14.4 Å². The van der Waals surface area contributed by atoms with E-state index >= 15 is 0 Å². The smallest absolute Gasteiger partial charge is 0.331 e. The van der Waals surface area contributed by atoms with Crippen molar-refractivity contribution in [3.05, 3.63) is 35.9 Å². The van der Waals surface area contributed by atoms with Crippen LogP contribution in [-0.4, -0.2) is 62.5 Å². The highest BCUT2D eigenvalue weighted by atomic mass is 32.2. The van der Waals surface area contributed by atoms with E-state index in [0.29, 0.717) is 12.2 Å². The fourth-order valence-corrected chi connectivity index (χ4v) is 5.76. The van der Waals surface area contributed by atoms with Crippen LogP contribution in [0.15, 0.2) is 30.3 Å². The van der Waals surface area contributed by atoms with E-state index in [-0.39, 0.29) is 36.1 Å². The number of hydrogen-bond acceptors (Lipinski definition) is 6. The molecule has 7 nitrogen and oxygen atoms in total. The van der Waals surface area contributed by atoms with Gasteiger partial charge in [0.15, 0.2) is 16.4 Å². The first-order chi connectivity index (χ1) is 13.9. The van der Waals surface area contributed by atoms with E-state index in [1.807, 2.05) is 12.1 Å². The molecule has 0 radical (unpaired) electrons. The molecule has 158 valence electrons. The van der Waals surface area contributed by atoms with Crippen LogP contribution in [0.2, 0.25) is 0 Å². The number of hydrogen-bond donors (Lipinski definition) is 0. The molecule has 2 fully saturated rings. The third kappa shape index (κ3) is 5.82. The van der Waals surface area contributed by atoms with Crippen LogP contribution in [0.3, 0.4) is 0 Å². The number of esters is 1. The zero-order valence-corrected chi connectivity index (χ0v) is 17.4. The molecule has 8 heteroatoms. The molecule has 1 aliphatic heterocycles. The second-order valence-corrected chi connectivity index (χ2v) is 9.74. The molecule has 1 aromatic carbocycles. The topological polar surface area (TPSA) is 90.0 Å². The lowest BCUT2D eigenvalue weighted by Crippen LogP contribution is -2.48. The minimum absolute atomic E-state index is 0.00106. The summed E-state index contributed by atoms with van der Waals surface area (Å²) < 4.78 is 34.0. The zero-order valence-electron chi connectivity index (χ0n) is 16.6. The largest absolute Gasteiger partial charge is 0.497 e. The lowest BCUT2D eigenvalue weighted by Gasteiger charge is -2.33. The van der Waals surface area contributed by atoms with E-state index in [1.165, 1.54) is 6.08 Å². The highest BCUT2D eigenvalue weighted by Gasteiger charge is 2.39. The Bertz CT molecular complexity index is 873. The van der Waals surface area contributed by atoms with Crippen LogP contribution >= 0.6 is 0 Å². The van der Waals surface area contributed by atoms with Crippen molar-refractivity contribution < 1.29 is 27.5 Å². The van der Waals surface area contributed by atoms with E-state index < -0.39 is 15.8 Å². The lowest BCUT2D eigenvalue weighted by molar-refractivity contribution is -0.150. The normalized spacial score (nSPS) is 21.3. The predicted octanol–water partition coefficient (Wildman–Crippen LogP) is 2.21. The molecule has 1 saturated carbocycles. The van der Waals surface area contributed by atoms with Gasteiger partial charge in [-0.05, 0) is 43.0 Å². The Balaban J connectivity index is 1.59. The number of carbonyl (C=O) groups excluding carboxylic acids is 2. The summed E-state index contributed by atoms with van der Waals surface area (Å²) in [5.41, 5.74) is 0.774. The number of ether oxygens (including phenoxy) is 2. The van der Waals surface area contributed by atoms with Gasteiger partial charge in [-0.1, -0.05) is 25.0 Å². The number of methoxy groups -OCH3 is 1. The number of rotatable bonds is 7. The molecule has 1 amide bonds. The number of sulfone groups is 1. The van der Waals surface area contributed by atoms with Crippen molar-refractivity contribution in [2.75, 3.05) is 25.2 Å². The van der Waals surface area contributed by atoms with Gasteiger partial charge in [0.25, 0.3) is 5.91 Å². The summed E-state index contributed by atoms with van der Waals surface area (Å²) in [4.78, 5) is 26.5. The molecule has 1 saturated heterocycles. The average molecular weight is 422 g/mol. The van der Waals surface area contributed by atoms with Gasteiger partial charge in [0.05, 0.1) is 18.6 Å². The Labute approximate surface area is 171 Å². The molecular formula is C21H27NO6S. The van der Waals surface area contributed by atoms with Crippen molar-refractivity contribution in [2.45, 2.75) is 44.2 Å². The van der Waals surface area contributed by atoms with Crippen molar-refractivity contribution in [1.29, 1.82) is 0 Å².